The first kappa shape index (κ1) is 12.5. The van der Waals surface area contributed by atoms with Crippen molar-refractivity contribution in [2.24, 2.45) is 5.92 Å². The van der Waals surface area contributed by atoms with Gasteiger partial charge in [-0.25, -0.2) is 8.42 Å². The Hall–Kier alpha value is -0.550. The minimum absolute atomic E-state index is 0.0911. The van der Waals surface area contributed by atoms with E-state index in [4.69, 9.17) is 5.73 Å². The van der Waals surface area contributed by atoms with Crippen LogP contribution in [0.4, 0.5) is 5.69 Å². The summed E-state index contributed by atoms with van der Waals surface area (Å²) in [7, 11) is -3.27. The van der Waals surface area contributed by atoms with E-state index in [0.717, 1.165) is 4.47 Å². The number of halogens is 1. The lowest BCUT2D eigenvalue weighted by Crippen LogP contribution is -2.13. The predicted octanol–water partition coefficient (Wildman–Crippen LogP) is 2.46. The van der Waals surface area contributed by atoms with Crippen molar-refractivity contribution in [2.75, 3.05) is 11.5 Å². The molecule has 0 atom stereocenters. The van der Waals surface area contributed by atoms with Crippen molar-refractivity contribution in [3.05, 3.63) is 22.7 Å². The maximum atomic E-state index is 11.9. The predicted molar refractivity (Wildman–Crippen MR) is 65.4 cm³/mol. The van der Waals surface area contributed by atoms with Crippen molar-refractivity contribution < 1.29 is 8.42 Å². The zero-order chi connectivity index (χ0) is 11.6. The van der Waals surface area contributed by atoms with E-state index in [-0.39, 0.29) is 16.6 Å². The normalized spacial score (nSPS) is 12.0. The second-order valence-corrected chi connectivity index (χ2v) is 6.78. The minimum atomic E-state index is -3.27. The van der Waals surface area contributed by atoms with Crippen LogP contribution in [0.3, 0.4) is 0 Å². The first-order chi connectivity index (χ1) is 6.83. The van der Waals surface area contributed by atoms with Crippen LogP contribution in [0.25, 0.3) is 0 Å². The molecule has 5 heteroatoms. The van der Waals surface area contributed by atoms with Crippen LogP contribution in [-0.2, 0) is 9.84 Å². The van der Waals surface area contributed by atoms with Gasteiger partial charge < -0.3 is 5.73 Å². The van der Waals surface area contributed by atoms with Crippen LogP contribution in [0.1, 0.15) is 13.8 Å². The Morgan fingerprint density at radius 2 is 2.00 bits per heavy atom. The molecule has 3 nitrogen and oxygen atoms in total. The molecule has 0 fully saturated rings. The highest BCUT2D eigenvalue weighted by Gasteiger charge is 2.19. The third kappa shape index (κ3) is 3.21. The molecule has 1 aromatic carbocycles. The Kier molecular flexibility index (Phi) is 3.78. The molecule has 0 aromatic heterocycles. The summed E-state index contributed by atoms with van der Waals surface area (Å²) in [4.78, 5) is 0.213. The van der Waals surface area contributed by atoms with Crippen molar-refractivity contribution in [3.8, 4) is 0 Å². The second kappa shape index (κ2) is 4.53. The quantitative estimate of drug-likeness (QED) is 0.871. The van der Waals surface area contributed by atoms with E-state index in [1.807, 2.05) is 13.8 Å². The largest absolute Gasteiger partial charge is 0.398 e. The van der Waals surface area contributed by atoms with Gasteiger partial charge >= 0.3 is 0 Å². The van der Waals surface area contributed by atoms with Gasteiger partial charge in [0.2, 0.25) is 0 Å². The summed E-state index contributed by atoms with van der Waals surface area (Å²) < 4.78 is 24.6. The van der Waals surface area contributed by atoms with Crippen molar-refractivity contribution in [3.63, 3.8) is 0 Å². The van der Waals surface area contributed by atoms with Gasteiger partial charge in [-0.05, 0) is 24.1 Å². The summed E-state index contributed by atoms with van der Waals surface area (Å²) in [5.74, 6) is 0.210. The van der Waals surface area contributed by atoms with Crippen LogP contribution in [-0.4, -0.2) is 14.2 Å². The Labute approximate surface area is 98.7 Å². The average Bonchev–Trinajstić information content (AvgIpc) is 2.06. The highest BCUT2D eigenvalue weighted by atomic mass is 79.9. The molecular formula is C10H14BrNO2S. The summed E-state index contributed by atoms with van der Waals surface area (Å²) in [5.41, 5.74) is 5.96. The third-order valence-corrected chi connectivity index (χ3v) is 4.49. The summed E-state index contributed by atoms with van der Waals surface area (Å²) in [6.07, 6.45) is 0. The van der Waals surface area contributed by atoms with Gasteiger partial charge in [0.1, 0.15) is 0 Å². The van der Waals surface area contributed by atoms with Gasteiger partial charge in [0.15, 0.2) is 9.84 Å². The first-order valence-electron chi connectivity index (χ1n) is 4.60. The molecule has 0 amide bonds. The van der Waals surface area contributed by atoms with Crippen LogP contribution >= 0.6 is 15.9 Å². The molecule has 1 rings (SSSR count). The number of hydrogen-bond acceptors (Lipinski definition) is 3. The van der Waals surface area contributed by atoms with Gasteiger partial charge in [0.25, 0.3) is 0 Å². The van der Waals surface area contributed by atoms with E-state index in [1.54, 1.807) is 18.2 Å². The third-order valence-electron chi connectivity index (χ3n) is 1.86. The molecule has 0 unspecified atom stereocenters. The summed E-state index contributed by atoms with van der Waals surface area (Å²) >= 11 is 3.23. The molecule has 0 saturated carbocycles. The molecular weight excluding hydrogens is 278 g/mol. The lowest BCUT2D eigenvalue weighted by Gasteiger charge is -2.09. The standard InChI is InChI=1S/C10H14BrNO2S/c1-7(2)6-15(13,14)10-5-8(11)3-4-9(10)12/h3-5,7H,6,12H2,1-2H3. The Balaban J connectivity index is 3.21. The van der Waals surface area contributed by atoms with E-state index in [9.17, 15) is 8.42 Å². The number of nitrogens with two attached hydrogens (primary N) is 1. The smallest absolute Gasteiger partial charge is 0.180 e. The van der Waals surface area contributed by atoms with Gasteiger partial charge in [-0.1, -0.05) is 29.8 Å². The van der Waals surface area contributed by atoms with Gasteiger partial charge in [-0.3, -0.25) is 0 Å². The van der Waals surface area contributed by atoms with Crippen molar-refractivity contribution in [1.29, 1.82) is 0 Å². The summed E-state index contributed by atoms with van der Waals surface area (Å²) in [6.45, 7) is 3.73. The molecule has 0 aliphatic rings. The maximum Gasteiger partial charge on any atom is 0.180 e. The fourth-order valence-electron chi connectivity index (χ4n) is 1.31. The van der Waals surface area contributed by atoms with Crippen molar-refractivity contribution in [2.45, 2.75) is 18.7 Å². The van der Waals surface area contributed by atoms with Crippen LogP contribution in [0.5, 0.6) is 0 Å². The molecule has 0 bridgehead atoms. The summed E-state index contributed by atoms with van der Waals surface area (Å²) in [6, 6.07) is 4.87. The van der Waals surface area contributed by atoms with Crippen LogP contribution in [0.2, 0.25) is 0 Å². The van der Waals surface area contributed by atoms with Crippen molar-refractivity contribution >= 4 is 31.5 Å². The van der Waals surface area contributed by atoms with Gasteiger partial charge in [0.05, 0.1) is 16.3 Å². The Morgan fingerprint density at radius 3 is 2.53 bits per heavy atom. The zero-order valence-electron chi connectivity index (χ0n) is 8.70. The fraction of sp³-hybridized carbons (Fsp3) is 0.400. The van der Waals surface area contributed by atoms with Gasteiger partial charge in [0, 0.05) is 4.47 Å². The van der Waals surface area contributed by atoms with Gasteiger partial charge in [-0.2, -0.15) is 0 Å². The number of benzene rings is 1. The van der Waals surface area contributed by atoms with Crippen molar-refractivity contribution in [1.82, 2.24) is 0 Å². The molecule has 15 heavy (non-hydrogen) atoms. The molecule has 0 aliphatic heterocycles. The summed E-state index contributed by atoms with van der Waals surface area (Å²) in [5, 5.41) is 0. The highest BCUT2D eigenvalue weighted by Crippen LogP contribution is 2.25. The minimum Gasteiger partial charge on any atom is -0.398 e. The van der Waals surface area contributed by atoms with Crippen LogP contribution < -0.4 is 5.73 Å². The molecule has 2 N–H and O–H groups in total. The lowest BCUT2D eigenvalue weighted by molar-refractivity contribution is 0.582. The molecule has 0 spiro atoms. The highest BCUT2D eigenvalue weighted by molar-refractivity contribution is 9.10. The molecule has 0 aliphatic carbocycles. The zero-order valence-corrected chi connectivity index (χ0v) is 11.1. The van der Waals surface area contributed by atoms with Crippen LogP contribution in [0.15, 0.2) is 27.6 Å². The number of anilines is 1. The molecule has 1 aromatic rings. The molecule has 84 valence electrons. The molecule has 0 saturated heterocycles. The SMILES string of the molecule is CC(C)CS(=O)(=O)c1cc(Br)ccc1N. The first-order valence-corrected chi connectivity index (χ1v) is 7.05. The second-order valence-electron chi connectivity index (χ2n) is 3.86. The lowest BCUT2D eigenvalue weighted by atomic mass is 10.3. The van der Waals surface area contributed by atoms with E-state index in [0.29, 0.717) is 5.69 Å². The molecule has 0 heterocycles. The number of hydrogen-bond donors (Lipinski definition) is 1. The van der Waals surface area contributed by atoms with E-state index in [2.05, 4.69) is 15.9 Å². The van der Waals surface area contributed by atoms with E-state index < -0.39 is 9.84 Å². The fourth-order valence-corrected chi connectivity index (χ4v) is 3.61. The number of nitrogen functional groups attached to an aromatic ring is 1. The molecule has 0 radical (unpaired) electrons. The maximum absolute atomic E-state index is 11.9. The Bertz CT molecular complexity index is 454. The number of rotatable bonds is 3. The van der Waals surface area contributed by atoms with Gasteiger partial charge in [-0.15, -0.1) is 0 Å². The topological polar surface area (TPSA) is 60.2 Å². The van der Waals surface area contributed by atoms with E-state index >= 15 is 0 Å². The number of sulfone groups is 1. The average molecular weight is 292 g/mol. The Morgan fingerprint density at radius 1 is 1.40 bits per heavy atom. The van der Waals surface area contributed by atoms with E-state index in [1.165, 1.54) is 0 Å². The monoisotopic (exact) mass is 291 g/mol. The van der Waals surface area contributed by atoms with Crippen LogP contribution in [0, 0.1) is 5.92 Å².